The van der Waals surface area contributed by atoms with Crippen LogP contribution < -0.4 is 4.74 Å². The molecule has 2 saturated heterocycles. The molecule has 0 aliphatic carbocycles. The van der Waals surface area contributed by atoms with Crippen LogP contribution in [0.3, 0.4) is 0 Å². The second-order valence-electron chi connectivity index (χ2n) is 9.00. The fraction of sp³-hybridized carbons (Fsp3) is 0.636. The number of benzene rings is 1. The molecule has 2 atom stereocenters. The lowest BCUT2D eigenvalue weighted by atomic mass is 9.95. The van der Waals surface area contributed by atoms with Gasteiger partial charge in [0.2, 0.25) is 0 Å². The number of carbonyl (C=O) groups excluding carboxylic acids is 2. The fourth-order valence-corrected chi connectivity index (χ4v) is 4.02. The molecule has 2 heterocycles. The van der Waals surface area contributed by atoms with E-state index in [0.717, 1.165) is 29.7 Å². The molecule has 1 aromatic rings. The Bertz CT molecular complexity index is 807. The summed E-state index contributed by atoms with van der Waals surface area (Å²) < 4.78 is 49.8. The Morgan fingerprint density at radius 2 is 1.74 bits per heavy atom. The maximum absolute atomic E-state index is 12.8. The zero-order valence-corrected chi connectivity index (χ0v) is 18.1. The molecule has 1 unspecified atom stereocenters. The van der Waals surface area contributed by atoms with E-state index in [9.17, 15) is 22.8 Å². The minimum Gasteiger partial charge on any atom is -0.488 e. The number of rotatable bonds is 3. The summed E-state index contributed by atoms with van der Waals surface area (Å²) in [5.41, 5.74) is 0.182. The molecule has 6 nitrogen and oxygen atoms in total. The Labute approximate surface area is 180 Å². The van der Waals surface area contributed by atoms with Gasteiger partial charge in [0, 0.05) is 25.1 Å². The number of piperidine rings is 1. The molecule has 2 amide bonds. The van der Waals surface area contributed by atoms with Gasteiger partial charge in [-0.15, -0.1) is 0 Å². The van der Waals surface area contributed by atoms with E-state index in [-0.39, 0.29) is 19.1 Å². The van der Waals surface area contributed by atoms with E-state index < -0.39 is 29.9 Å². The summed E-state index contributed by atoms with van der Waals surface area (Å²) in [6.07, 6.45) is -2.95. The molecule has 0 saturated carbocycles. The van der Waals surface area contributed by atoms with Gasteiger partial charge in [0.15, 0.2) is 0 Å². The van der Waals surface area contributed by atoms with Crippen LogP contribution in [0.5, 0.6) is 5.75 Å². The van der Waals surface area contributed by atoms with Crippen LogP contribution in [0.25, 0.3) is 0 Å². The van der Waals surface area contributed by atoms with Crippen molar-refractivity contribution in [2.24, 2.45) is 0 Å². The smallest absolute Gasteiger partial charge is 0.471 e. The molecule has 1 aromatic carbocycles. The SMILES string of the molecule is CC(C)(C)OC(=O)N1CCCCC1c1ccccc1O[C@H]1CCN(C(=O)C(F)(F)F)C1. The average Bonchev–Trinajstić information content (AvgIpc) is 3.14. The van der Waals surface area contributed by atoms with Crippen molar-refractivity contribution in [3.05, 3.63) is 29.8 Å². The van der Waals surface area contributed by atoms with Crippen molar-refractivity contribution >= 4 is 12.0 Å². The first-order valence-electron chi connectivity index (χ1n) is 10.6. The van der Waals surface area contributed by atoms with Crippen molar-refractivity contribution < 1.29 is 32.2 Å². The number of nitrogens with zero attached hydrogens (tertiary/aromatic N) is 2. The highest BCUT2D eigenvalue weighted by Crippen LogP contribution is 2.38. The van der Waals surface area contributed by atoms with Gasteiger partial charge in [0.05, 0.1) is 12.6 Å². The largest absolute Gasteiger partial charge is 0.488 e. The Morgan fingerprint density at radius 3 is 2.42 bits per heavy atom. The van der Waals surface area contributed by atoms with Gasteiger partial charge in [-0.25, -0.2) is 4.79 Å². The quantitative estimate of drug-likeness (QED) is 0.682. The van der Waals surface area contributed by atoms with Gasteiger partial charge in [0.1, 0.15) is 17.5 Å². The van der Waals surface area contributed by atoms with Crippen LogP contribution in [0.1, 0.15) is 58.1 Å². The summed E-state index contributed by atoms with van der Waals surface area (Å²) in [6.45, 7) is 5.88. The second kappa shape index (κ2) is 8.96. The molecule has 3 rings (SSSR count). The Balaban J connectivity index is 1.75. The average molecular weight is 442 g/mol. The molecule has 9 heteroatoms. The standard InChI is InChI=1S/C22H29F3N2O4/c1-21(2,3)31-20(29)27-12-7-6-9-17(27)16-8-4-5-10-18(16)30-15-11-13-26(14-15)19(28)22(23,24)25/h4-5,8,10,15,17H,6-7,9,11-14H2,1-3H3/t15-,17?/m0/s1. The van der Waals surface area contributed by atoms with Gasteiger partial charge in [-0.05, 0) is 46.1 Å². The number of para-hydroxylation sites is 1. The summed E-state index contributed by atoms with van der Waals surface area (Å²) in [5.74, 6) is -1.32. The lowest BCUT2D eigenvalue weighted by molar-refractivity contribution is -0.184. The lowest BCUT2D eigenvalue weighted by Gasteiger charge is -2.37. The molecule has 2 fully saturated rings. The third-order valence-electron chi connectivity index (χ3n) is 5.38. The van der Waals surface area contributed by atoms with Crippen LogP contribution in [-0.4, -0.2) is 59.3 Å². The molecule has 0 radical (unpaired) electrons. The topological polar surface area (TPSA) is 59.1 Å². The number of amides is 2. The van der Waals surface area contributed by atoms with Crippen LogP contribution in [-0.2, 0) is 9.53 Å². The molecular weight excluding hydrogens is 413 g/mol. The lowest BCUT2D eigenvalue weighted by Crippen LogP contribution is -2.42. The number of alkyl halides is 3. The predicted molar refractivity (Wildman–Crippen MR) is 108 cm³/mol. The van der Waals surface area contributed by atoms with E-state index >= 15 is 0 Å². The van der Waals surface area contributed by atoms with Gasteiger partial charge in [0.25, 0.3) is 0 Å². The summed E-state index contributed by atoms with van der Waals surface area (Å²) >= 11 is 0. The molecule has 0 spiro atoms. The zero-order valence-electron chi connectivity index (χ0n) is 18.1. The summed E-state index contributed by atoms with van der Waals surface area (Å²) in [6, 6.07) is 7.02. The molecule has 172 valence electrons. The Hall–Kier alpha value is -2.45. The molecule has 0 N–H and O–H groups in total. The molecule has 2 aliphatic rings. The van der Waals surface area contributed by atoms with Gasteiger partial charge in [-0.1, -0.05) is 18.2 Å². The number of likely N-dealkylation sites (tertiary alicyclic amines) is 2. The molecule has 0 bridgehead atoms. The molecule has 0 aromatic heterocycles. The Morgan fingerprint density at radius 1 is 1.03 bits per heavy atom. The summed E-state index contributed by atoms with van der Waals surface area (Å²) in [5, 5.41) is 0. The minimum absolute atomic E-state index is 0.00135. The maximum Gasteiger partial charge on any atom is 0.471 e. The van der Waals surface area contributed by atoms with Gasteiger partial charge in [-0.3, -0.25) is 4.79 Å². The summed E-state index contributed by atoms with van der Waals surface area (Å²) in [7, 11) is 0. The third kappa shape index (κ3) is 5.83. The zero-order chi connectivity index (χ0) is 22.8. The van der Waals surface area contributed by atoms with Crippen LogP contribution in [0.4, 0.5) is 18.0 Å². The van der Waals surface area contributed by atoms with Crippen molar-refractivity contribution in [2.45, 2.75) is 70.4 Å². The highest BCUT2D eigenvalue weighted by Gasteiger charge is 2.45. The number of halogens is 3. The molecule has 2 aliphatic heterocycles. The van der Waals surface area contributed by atoms with Gasteiger partial charge < -0.3 is 19.3 Å². The predicted octanol–water partition coefficient (Wildman–Crippen LogP) is 4.69. The number of hydrogen-bond acceptors (Lipinski definition) is 4. The fourth-order valence-electron chi connectivity index (χ4n) is 4.02. The van der Waals surface area contributed by atoms with Crippen LogP contribution in [0, 0.1) is 0 Å². The van der Waals surface area contributed by atoms with Gasteiger partial charge in [-0.2, -0.15) is 13.2 Å². The van der Waals surface area contributed by atoms with E-state index in [4.69, 9.17) is 9.47 Å². The minimum atomic E-state index is -4.89. The van der Waals surface area contributed by atoms with Gasteiger partial charge >= 0.3 is 18.2 Å². The number of ether oxygens (including phenoxy) is 2. The first-order chi connectivity index (χ1) is 14.5. The van der Waals surface area contributed by atoms with E-state index in [2.05, 4.69) is 0 Å². The molecular formula is C22H29F3N2O4. The first kappa shape index (κ1) is 23.2. The maximum atomic E-state index is 12.8. The highest BCUT2D eigenvalue weighted by atomic mass is 19.4. The van der Waals surface area contributed by atoms with E-state index in [1.165, 1.54) is 0 Å². The van der Waals surface area contributed by atoms with Crippen molar-refractivity contribution in [2.75, 3.05) is 19.6 Å². The number of hydrogen-bond donors (Lipinski definition) is 0. The van der Waals surface area contributed by atoms with E-state index in [0.29, 0.717) is 18.7 Å². The van der Waals surface area contributed by atoms with Crippen LogP contribution in [0.2, 0.25) is 0 Å². The van der Waals surface area contributed by atoms with Crippen molar-refractivity contribution in [1.82, 2.24) is 9.80 Å². The van der Waals surface area contributed by atoms with E-state index in [1.54, 1.807) is 17.0 Å². The first-order valence-corrected chi connectivity index (χ1v) is 10.6. The van der Waals surface area contributed by atoms with E-state index in [1.807, 2.05) is 32.9 Å². The monoisotopic (exact) mass is 442 g/mol. The van der Waals surface area contributed by atoms with Crippen molar-refractivity contribution in [3.8, 4) is 5.75 Å². The highest BCUT2D eigenvalue weighted by molar-refractivity contribution is 5.82. The molecule has 31 heavy (non-hydrogen) atoms. The Kier molecular flexibility index (Phi) is 6.71. The van der Waals surface area contributed by atoms with Crippen LogP contribution >= 0.6 is 0 Å². The number of carbonyl (C=O) groups is 2. The second-order valence-corrected chi connectivity index (χ2v) is 9.00. The van der Waals surface area contributed by atoms with Crippen molar-refractivity contribution in [1.29, 1.82) is 0 Å². The summed E-state index contributed by atoms with van der Waals surface area (Å²) in [4.78, 5) is 26.8. The normalized spacial score (nSPS) is 22.4. The third-order valence-corrected chi connectivity index (χ3v) is 5.38. The van der Waals surface area contributed by atoms with Crippen molar-refractivity contribution in [3.63, 3.8) is 0 Å². The van der Waals surface area contributed by atoms with Crippen LogP contribution in [0.15, 0.2) is 24.3 Å².